The van der Waals surface area contributed by atoms with E-state index in [-0.39, 0.29) is 43.2 Å². The van der Waals surface area contributed by atoms with Gasteiger partial charge in [0, 0.05) is 50.1 Å². The van der Waals surface area contributed by atoms with Crippen LogP contribution in [0.5, 0.6) is 28.7 Å². The molecule has 2 saturated heterocycles. The van der Waals surface area contributed by atoms with Crippen LogP contribution in [0.25, 0.3) is 6.08 Å². The van der Waals surface area contributed by atoms with Crippen molar-refractivity contribution < 1.29 is 38.0 Å². The predicted molar refractivity (Wildman–Crippen MR) is 175 cm³/mol. The molecule has 4 aliphatic rings. The zero-order chi connectivity index (χ0) is 32.8. The van der Waals surface area contributed by atoms with E-state index in [1.165, 1.54) is 0 Å². The highest BCUT2D eigenvalue weighted by Crippen LogP contribution is 2.57. The molecule has 246 valence electrons. The number of halogens is 2. The van der Waals surface area contributed by atoms with Gasteiger partial charge in [-0.3, -0.25) is 14.5 Å². The average Bonchev–Trinajstić information content (AvgIpc) is 3.71. The molecule has 3 heterocycles. The van der Waals surface area contributed by atoms with E-state index in [1.807, 2.05) is 35.2 Å². The Morgan fingerprint density at radius 1 is 0.851 bits per heavy atom. The summed E-state index contributed by atoms with van der Waals surface area (Å²) in [6, 6.07) is 13.0. The molecule has 0 aromatic heterocycles. The summed E-state index contributed by atoms with van der Waals surface area (Å²) < 4.78 is 34.4. The Hall–Kier alpha value is -4.12. The van der Waals surface area contributed by atoms with Crippen LogP contribution < -0.4 is 23.7 Å². The third-order valence-electron chi connectivity index (χ3n) is 9.58. The Morgan fingerprint density at radius 3 is 2.17 bits per heavy atom. The maximum Gasteiger partial charge on any atom is 0.310 e. The fraction of sp³-hybridized carbons (Fsp3) is 0.371. The van der Waals surface area contributed by atoms with E-state index in [1.54, 1.807) is 45.6 Å². The Balaban J connectivity index is 1.21. The second kappa shape index (κ2) is 12.8. The maximum atomic E-state index is 13.6. The standard InChI is InChI=1S/C35H34Cl2N2O8/c1-42-28-13-20(14-29(43-2)34(28)44-3)31-21-15-26-27(47-18-46-26)16-22(21)33(23-17-45-35(41)32(23)31)39-10-8-38(9-11-39)30(40)7-5-19-4-6-24(36)25(37)12-19/h4-7,12-16,23,31-33H,8-11,17-18H2,1-3H3/b7-5+/t23-,31+,32-,33-/m0/s1. The molecule has 7 rings (SSSR count). The molecule has 0 unspecified atom stereocenters. The van der Waals surface area contributed by atoms with Crippen molar-refractivity contribution in [3.63, 3.8) is 0 Å². The summed E-state index contributed by atoms with van der Waals surface area (Å²) in [6.45, 7) is 2.72. The molecule has 0 bridgehead atoms. The van der Waals surface area contributed by atoms with Crippen LogP contribution >= 0.6 is 23.2 Å². The first-order valence-corrected chi connectivity index (χ1v) is 16.1. The lowest BCUT2D eigenvalue weighted by atomic mass is 9.64. The van der Waals surface area contributed by atoms with Crippen molar-refractivity contribution in [1.29, 1.82) is 0 Å². The first kappa shape index (κ1) is 31.5. The Kier molecular flexibility index (Phi) is 8.59. The van der Waals surface area contributed by atoms with Crippen LogP contribution in [0.4, 0.5) is 0 Å². The van der Waals surface area contributed by atoms with Gasteiger partial charge < -0.3 is 33.3 Å². The number of esters is 1. The van der Waals surface area contributed by atoms with Crippen molar-refractivity contribution in [3.05, 3.63) is 80.8 Å². The lowest BCUT2D eigenvalue weighted by Gasteiger charge is -2.46. The second-order valence-corrected chi connectivity index (χ2v) is 12.7. The summed E-state index contributed by atoms with van der Waals surface area (Å²) in [5.41, 5.74) is 3.64. The number of nitrogens with zero attached hydrogens (tertiary/aromatic N) is 2. The highest BCUT2D eigenvalue weighted by Gasteiger charge is 2.54. The van der Waals surface area contributed by atoms with Crippen LogP contribution in [0, 0.1) is 11.8 Å². The summed E-state index contributed by atoms with van der Waals surface area (Å²) in [5, 5.41) is 0.899. The van der Waals surface area contributed by atoms with Gasteiger partial charge in [0.15, 0.2) is 23.0 Å². The lowest BCUT2D eigenvalue weighted by molar-refractivity contribution is -0.141. The second-order valence-electron chi connectivity index (χ2n) is 11.9. The fourth-order valence-electron chi connectivity index (χ4n) is 7.39. The zero-order valence-corrected chi connectivity index (χ0v) is 27.7. The number of ether oxygens (including phenoxy) is 6. The molecule has 4 atom stereocenters. The van der Waals surface area contributed by atoms with E-state index in [9.17, 15) is 9.59 Å². The number of piperazine rings is 1. The topological polar surface area (TPSA) is 96.0 Å². The largest absolute Gasteiger partial charge is 0.493 e. The third-order valence-corrected chi connectivity index (χ3v) is 10.3. The SMILES string of the molecule is COc1cc([C@@H]2c3cc4c(cc3[C@H](N3CCN(C(=O)/C=C/c5ccc(Cl)c(Cl)c5)CC3)[C@H]3COC(=O)[C@H]23)OCO4)cc(OC)c1OC. The number of fused-ring (bicyclic) bond motifs is 3. The van der Waals surface area contributed by atoms with Crippen LogP contribution in [0.1, 0.15) is 34.2 Å². The van der Waals surface area contributed by atoms with E-state index < -0.39 is 5.92 Å². The van der Waals surface area contributed by atoms with Crippen LogP contribution in [0.15, 0.2) is 48.5 Å². The molecule has 3 aliphatic heterocycles. The number of methoxy groups -OCH3 is 3. The van der Waals surface area contributed by atoms with E-state index >= 15 is 0 Å². The number of amides is 1. The minimum absolute atomic E-state index is 0.0807. The Morgan fingerprint density at radius 2 is 1.53 bits per heavy atom. The third kappa shape index (κ3) is 5.62. The first-order valence-electron chi connectivity index (χ1n) is 15.4. The molecule has 0 radical (unpaired) electrons. The molecular formula is C35H34Cl2N2O8. The molecule has 0 saturated carbocycles. The van der Waals surface area contributed by atoms with Gasteiger partial charge in [0.2, 0.25) is 18.4 Å². The Labute approximate surface area is 282 Å². The number of carbonyl (C=O) groups excluding carboxylic acids is 2. The minimum atomic E-state index is -0.468. The van der Waals surface area contributed by atoms with Gasteiger partial charge in [0.05, 0.1) is 43.9 Å². The van der Waals surface area contributed by atoms with E-state index in [4.69, 9.17) is 51.6 Å². The lowest BCUT2D eigenvalue weighted by Crippen LogP contribution is -2.52. The molecule has 47 heavy (non-hydrogen) atoms. The number of cyclic esters (lactones) is 1. The molecule has 3 aromatic rings. The molecule has 1 amide bonds. The molecule has 2 fully saturated rings. The summed E-state index contributed by atoms with van der Waals surface area (Å²) in [4.78, 5) is 30.9. The van der Waals surface area contributed by atoms with Crippen molar-refractivity contribution in [2.45, 2.75) is 12.0 Å². The molecule has 0 spiro atoms. The van der Waals surface area contributed by atoms with Gasteiger partial charge in [0.1, 0.15) is 0 Å². The molecule has 12 heteroatoms. The zero-order valence-electron chi connectivity index (χ0n) is 26.2. The molecule has 0 N–H and O–H groups in total. The van der Waals surface area contributed by atoms with Gasteiger partial charge in [-0.15, -0.1) is 0 Å². The van der Waals surface area contributed by atoms with Crippen molar-refractivity contribution in [2.75, 3.05) is 60.9 Å². The highest BCUT2D eigenvalue weighted by atomic mass is 35.5. The summed E-state index contributed by atoms with van der Waals surface area (Å²) in [6.07, 6.45) is 3.31. The fourth-order valence-corrected chi connectivity index (χ4v) is 7.70. The van der Waals surface area contributed by atoms with Gasteiger partial charge >= 0.3 is 5.97 Å². The summed E-state index contributed by atoms with van der Waals surface area (Å²) in [5.74, 6) is 1.48. The van der Waals surface area contributed by atoms with Crippen molar-refractivity contribution in [2.24, 2.45) is 11.8 Å². The minimum Gasteiger partial charge on any atom is -0.493 e. The summed E-state index contributed by atoms with van der Waals surface area (Å²) >= 11 is 12.2. The van der Waals surface area contributed by atoms with Crippen molar-refractivity contribution >= 4 is 41.2 Å². The number of rotatable bonds is 7. The van der Waals surface area contributed by atoms with Crippen LogP contribution in [0.2, 0.25) is 10.0 Å². The predicted octanol–water partition coefficient (Wildman–Crippen LogP) is 5.58. The van der Waals surface area contributed by atoms with Gasteiger partial charge in [0.25, 0.3) is 0 Å². The first-order chi connectivity index (χ1) is 22.8. The number of carbonyl (C=O) groups is 2. The van der Waals surface area contributed by atoms with Crippen LogP contribution in [-0.4, -0.2) is 82.6 Å². The molecule has 3 aromatic carbocycles. The molecule has 10 nitrogen and oxygen atoms in total. The van der Waals surface area contributed by atoms with E-state index in [0.717, 1.165) is 22.3 Å². The quantitative estimate of drug-likeness (QED) is 0.234. The average molecular weight is 682 g/mol. The highest BCUT2D eigenvalue weighted by molar-refractivity contribution is 6.42. The van der Waals surface area contributed by atoms with Crippen LogP contribution in [0.3, 0.4) is 0 Å². The van der Waals surface area contributed by atoms with Crippen molar-refractivity contribution in [3.8, 4) is 28.7 Å². The molecular weight excluding hydrogens is 647 g/mol. The van der Waals surface area contributed by atoms with Crippen molar-refractivity contribution in [1.82, 2.24) is 9.80 Å². The number of hydrogen-bond acceptors (Lipinski definition) is 9. The maximum absolute atomic E-state index is 13.6. The normalized spacial score (nSPS) is 23.3. The van der Waals surface area contributed by atoms with Gasteiger partial charge in [-0.1, -0.05) is 29.3 Å². The summed E-state index contributed by atoms with van der Waals surface area (Å²) in [7, 11) is 4.71. The van der Waals surface area contributed by atoms with Gasteiger partial charge in [-0.05, 0) is 64.7 Å². The van der Waals surface area contributed by atoms with E-state index in [2.05, 4.69) is 4.90 Å². The monoisotopic (exact) mass is 680 g/mol. The number of hydrogen-bond donors (Lipinski definition) is 0. The Bertz CT molecular complexity index is 1730. The van der Waals surface area contributed by atoms with E-state index in [0.29, 0.717) is 65.0 Å². The smallest absolute Gasteiger partial charge is 0.310 e. The molecule has 1 aliphatic carbocycles. The van der Waals surface area contributed by atoms with Gasteiger partial charge in [-0.25, -0.2) is 0 Å². The van der Waals surface area contributed by atoms with Gasteiger partial charge in [-0.2, -0.15) is 0 Å². The number of benzene rings is 3. The van der Waals surface area contributed by atoms with Crippen LogP contribution in [-0.2, 0) is 14.3 Å².